The van der Waals surface area contributed by atoms with Crippen molar-refractivity contribution in [3.05, 3.63) is 72.1 Å². The van der Waals surface area contributed by atoms with Gasteiger partial charge in [0, 0.05) is 27.2 Å². The number of hydrogen-bond acceptors (Lipinski definition) is 5. The number of H-pyrrole nitrogens is 1. The highest BCUT2D eigenvalue weighted by molar-refractivity contribution is 7.91. The number of nitrogens with one attached hydrogen (secondary N) is 1. The van der Waals surface area contributed by atoms with E-state index in [2.05, 4.69) is 9.97 Å². The minimum absolute atomic E-state index is 0.224. The zero-order valence-corrected chi connectivity index (χ0v) is 16.2. The second-order valence-electron chi connectivity index (χ2n) is 6.43. The summed E-state index contributed by atoms with van der Waals surface area (Å²) in [4.78, 5) is 8.10. The van der Waals surface area contributed by atoms with Crippen LogP contribution in [0.15, 0.2) is 81.9 Å². The molecule has 28 heavy (non-hydrogen) atoms. The maximum absolute atomic E-state index is 13.7. The van der Waals surface area contributed by atoms with Gasteiger partial charge in [-0.3, -0.25) is 0 Å². The molecule has 138 valence electrons. The number of nitrogens with two attached hydrogens (primary N) is 1. The average molecular weight is 406 g/mol. The Morgan fingerprint density at radius 1 is 0.893 bits per heavy atom. The molecule has 0 atom stereocenters. The largest absolute Gasteiger partial charge is 0.383 e. The first-order valence-electron chi connectivity index (χ1n) is 8.60. The molecule has 0 bridgehead atoms. The highest BCUT2D eigenvalue weighted by Crippen LogP contribution is 2.40. The Hall–Kier alpha value is -3.16. The molecule has 2 aromatic heterocycles. The van der Waals surface area contributed by atoms with Gasteiger partial charge in [-0.15, -0.1) is 11.3 Å². The molecule has 0 fully saturated rings. The van der Waals surface area contributed by atoms with Crippen molar-refractivity contribution in [3.63, 3.8) is 0 Å². The van der Waals surface area contributed by atoms with Crippen LogP contribution in [0.5, 0.6) is 0 Å². The number of aromatic nitrogens is 2. The van der Waals surface area contributed by atoms with E-state index < -0.39 is 9.84 Å². The normalized spacial score (nSPS) is 12.0. The topological polar surface area (TPSA) is 88.8 Å². The molecular weight excluding hydrogens is 390 g/mol. The van der Waals surface area contributed by atoms with Gasteiger partial charge in [-0.25, -0.2) is 13.4 Å². The predicted molar refractivity (Wildman–Crippen MR) is 113 cm³/mol. The van der Waals surface area contributed by atoms with Crippen molar-refractivity contribution in [3.8, 4) is 10.6 Å². The Morgan fingerprint density at radius 3 is 2.39 bits per heavy atom. The van der Waals surface area contributed by atoms with Gasteiger partial charge in [-0.2, -0.15) is 0 Å². The molecule has 5 nitrogen and oxygen atoms in total. The number of aromatic amines is 1. The molecule has 0 aliphatic carbocycles. The van der Waals surface area contributed by atoms with Crippen LogP contribution >= 0.6 is 11.3 Å². The van der Waals surface area contributed by atoms with Crippen LogP contribution in [0, 0.1) is 0 Å². The van der Waals surface area contributed by atoms with E-state index >= 15 is 0 Å². The number of nitrogen functional groups attached to an aromatic ring is 1. The van der Waals surface area contributed by atoms with Crippen LogP contribution < -0.4 is 5.73 Å². The number of para-hydroxylation sites is 1. The first-order chi connectivity index (χ1) is 13.6. The molecule has 2 heterocycles. The van der Waals surface area contributed by atoms with Crippen LogP contribution in [0.2, 0.25) is 0 Å². The molecule has 0 amide bonds. The van der Waals surface area contributed by atoms with E-state index in [1.807, 2.05) is 36.4 Å². The fraction of sp³-hybridized carbons (Fsp3) is 0. The number of hydrogen-bond donors (Lipinski definition) is 2. The summed E-state index contributed by atoms with van der Waals surface area (Å²) >= 11 is 1.33. The molecule has 0 spiro atoms. The molecular formula is C21H15N3O2S2. The van der Waals surface area contributed by atoms with Gasteiger partial charge in [0.05, 0.1) is 10.4 Å². The summed E-state index contributed by atoms with van der Waals surface area (Å²) in [5.41, 5.74) is 7.81. The number of fused-ring (bicyclic) bond motifs is 3. The van der Waals surface area contributed by atoms with Gasteiger partial charge < -0.3 is 10.7 Å². The monoisotopic (exact) mass is 405 g/mol. The van der Waals surface area contributed by atoms with E-state index in [0.717, 1.165) is 16.3 Å². The lowest BCUT2D eigenvalue weighted by Gasteiger charge is -2.11. The van der Waals surface area contributed by atoms with Crippen molar-refractivity contribution < 1.29 is 8.42 Å². The van der Waals surface area contributed by atoms with E-state index in [4.69, 9.17) is 5.73 Å². The van der Waals surface area contributed by atoms with E-state index in [1.54, 1.807) is 35.7 Å². The van der Waals surface area contributed by atoms with Gasteiger partial charge in [0.25, 0.3) is 0 Å². The van der Waals surface area contributed by atoms with E-state index in [9.17, 15) is 8.42 Å². The Labute approximate surface area is 165 Å². The zero-order valence-electron chi connectivity index (χ0n) is 14.6. The SMILES string of the molecule is Nc1csc(-c2ccc3c([nH]c4ccccc43)c2S(=O)(=O)c2ccccc2)n1. The molecule has 0 saturated heterocycles. The summed E-state index contributed by atoms with van der Waals surface area (Å²) in [7, 11) is -3.79. The number of benzene rings is 3. The zero-order chi connectivity index (χ0) is 19.3. The van der Waals surface area contributed by atoms with Gasteiger partial charge in [-0.1, -0.05) is 42.5 Å². The Kier molecular flexibility index (Phi) is 3.75. The molecule has 5 rings (SSSR count). The lowest BCUT2D eigenvalue weighted by Crippen LogP contribution is -2.05. The number of rotatable bonds is 3. The molecule has 0 radical (unpaired) electrons. The van der Waals surface area contributed by atoms with Gasteiger partial charge >= 0.3 is 0 Å². The summed E-state index contributed by atoms with van der Waals surface area (Å²) in [6.07, 6.45) is 0. The highest BCUT2D eigenvalue weighted by Gasteiger charge is 2.27. The average Bonchev–Trinajstić information content (AvgIpc) is 3.31. The van der Waals surface area contributed by atoms with Crippen LogP contribution in [0.25, 0.3) is 32.4 Å². The number of thiazole rings is 1. The summed E-state index contributed by atoms with van der Waals surface area (Å²) in [5, 5.41) is 4.13. The van der Waals surface area contributed by atoms with E-state index in [0.29, 0.717) is 21.9 Å². The molecule has 3 N–H and O–H groups in total. The Balaban J connectivity index is 1.93. The quantitative estimate of drug-likeness (QED) is 0.449. The maximum Gasteiger partial charge on any atom is 0.209 e. The number of sulfone groups is 1. The summed E-state index contributed by atoms with van der Waals surface area (Å²) in [5.74, 6) is 0.375. The second-order valence-corrected chi connectivity index (χ2v) is 9.17. The minimum Gasteiger partial charge on any atom is -0.383 e. The third kappa shape index (κ3) is 2.51. The third-order valence-corrected chi connectivity index (χ3v) is 7.46. The molecule has 7 heteroatoms. The van der Waals surface area contributed by atoms with Crippen molar-refractivity contribution in [1.82, 2.24) is 9.97 Å². The minimum atomic E-state index is -3.79. The second kappa shape index (κ2) is 6.19. The lowest BCUT2D eigenvalue weighted by molar-refractivity contribution is 0.597. The third-order valence-electron chi connectivity index (χ3n) is 4.71. The summed E-state index contributed by atoms with van der Waals surface area (Å²) in [6, 6.07) is 20.0. The molecule has 0 aliphatic rings. The Morgan fingerprint density at radius 2 is 1.64 bits per heavy atom. The first-order valence-corrected chi connectivity index (χ1v) is 11.0. The van der Waals surface area contributed by atoms with Crippen molar-refractivity contribution in [1.29, 1.82) is 0 Å². The van der Waals surface area contributed by atoms with Gasteiger partial charge in [-0.05, 0) is 24.3 Å². The summed E-state index contributed by atoms with van der Waals surface area (Å²) in [6.45, 7) is 0. The van der Waals surface area contributed by atoms with Crippen LogP contribution in [-0.2, 0) is 9.84 Å². The van der Waals surface area contributed by atoms with Crippen molar-refractivity contribution in [2.24, 2.45) is 0 Å². The van der Waals surface area contributed by atoms with E-state index in [-0.39, 0.29) is 9.79 Å². The van der Waals surface area contributed by atoms with Crippen molar-refractivity contribution in [2.45, 2.75) is 9.79 Å². The molecule has 3 aromatic carbocycles. The first kappa shape index (κ1) is 17.0. The molecule has 0 aliphatic heterocycles. The fourth-order valence-electron chi connectivity index (χ4n) is 3.47. The van der Waals surface area contributed by atoms with Crippen LogP contribution in [0.4, 0.5) is 5.82 Å². The fourth-order valence-corrected chi connectivity index (χ4v) is 5.91. The smallest absolute Gasteiger partial charge is 0.209 e. The van der Waals surface area contributed by atoms with Crippen LogP contribution in [0.1, 0.15) is 0 Å². The maximum atomic E-state index is 13.7. The lowest BCUT2D eigenvalue weighted by atomic mass is 10.1. The molecule has 0 saturated carbocycles. The van der Waals surface area contributed by atoms with Crippen molar-refractivity contribution >= 4 is 48.8 Å². The number of nitrogens with zero attached hydrogens (tertiary/aromatic N) is 1. The highest BCUT2D eigenvalue weighted by atomic mass is 32.2. The predicted octanol–water partition coefficient (Wildman–Crippen LogP) is 4.86. The van der Waals surface area contributed by atoms with Gasteiger partial charge in [0.2, 0.25) is 9.84 Å². The standard InChI is InChI=1S/C21H15N3O2S2/c22-18-12-27-21(24-18)16-11-10-15-14-8-4-5-9-17(14)23-19(15)20(16)28(25,26)13-6-2-1-3-7-13/h1-12,23H,22H2. The molecule has 5 aromatic rings. The molecule has 0 unspecified atom stereocenters. The Bertz CT molecular complexity index is 1430. The number of anilines is 1. The van der Waals surface area contributed by atoms with Gasteiger partial charge in [0.15, 0.2) is 0 Å². The van der Waals surface area contributed by atoms with E-state index in [1.165, 1.54) is 11.3 Å². The van der Waals surface area contributed by atoms with Crippen LogP contribution in [0.3, 0.4) is 0 Å². The van der Waals surface area contributed by atoms with Crippen LogP contribution in [-0.4, -0.2) is 18.4 Å². The summed E-state index contributed by atoms with van der Waals surface area (Å²) < 4.78 is 27.3. The van der Waals surface area contributed by atoms with Gasteiger partial charge in [0.1, 0.15) is 15.7 Å². The van der Waals surface area contributed by atoms with Crippen molar-refractivity contribution in [2.75, 3.05) is 5.73 Å².